The molecule has 4 heteroatoms. The van der Waals surface area contributed by atoms with Crippen LogP contribution >= 0.6 is 0 Å². The van der Waals surface area contributed by atoms with Gasteiger partial charge >= 0.3 is 5.97 Å². The minimum Gasteiger partial charge on any atom is -0.481 e. The molecule has 0 saturated carbocycles. The fraction of sp³-hybridized carbons (Fsp3) is 0.310. The summed E-state index contributed by atoms with van der Waals surface area (Å²) in [5.41, 5.74) is 6.41. The number of aryl methyl sites for hydroxylation is 1. The monoisotopic (exact) mass is 440 g/mol. The third-order valence-electron chi connectivity index (χ3n) is 6.82. The van der Waals surface area contributed by atoms with E-state index in [0.717, 1.165) is 47.0 Å². The molecule has 1 fully saturated rings. The minimum atomic E-state index is -0.724. The van der Waals surface area contributed by atoms with E-state index in [-0.39, 0.29) is 24.4 Å². The molecule has 1 aliphatic heterocycles. The first-order chi connectivity index (χ1) is 15.8. The SMILES string of the molecule is C=C(C)C(=C)[C@H](c1cnc2ccccc2c1)N1CC[C@@H](CC(=O)O)C[C@H]1c1ccc(C)cc1. The van der Waals surface area contributed by atoms with E-state index in [4.69, 9.17) is 4.98 Å². The van der Waals surface area contributed by atoms with Gasteiger partial charge in [0.1, 0.15) is 0 Å². The first-order valence-corrected chi connectivity index (χ1v) is 11.6. The zero-order valence-electron chi connectivity index (χ0n) is 19.5. The number of piperidine rings is 1. The molecule has 2 aromatic carbocycles. The van der Waals surface area contributed by atoms with Gasteiger partial charge in [-0.05, 0) is 68.0 Å². The van der Waals surface area contributed by atoms with Gasteiger partial charge in [-0.1, -0.05) is 66.8 Å². The van der Waals surface area contributed by atoms with Crippen molar-refractivity contribution in [2.24, 2.45) is 5.92 Å². The van der Waals surface area contributed by atoms with E-state index in [1.807, 2.05) is 31.3 Å². The summed E-state index contributed by atoms with van der Waals surface area (Å²) in [5.74, 6) is -0.573. The van der Waals surface area contributed by atoms with Crippen molar-refractivity contribution in [3.8, 4) is 0 Å². The molecule has 0 unspecified atom stereocenters. The number of rotatable bonds is 7. The van der Waals surface area contributed by atoms with Crippen molar-refractivity contribution in [1.82, 2.24) is 9.88 Å². The van der Waals surface area contributed by atoms with Crippen molar-refractivity contribution in [2.45, 2.75) is 45.2 Å². The van der Waals surface area contributed by atoms with Gasteiger partial charge in [0.2, 0.25) is 0 Å². The smallest absolute Gasteiger partial charge is 0.303 e. The maximum atomic E-state index is 11.5. The van der Waals surface area contributed by atoms with Crippen molar-refractivity contribution in [2.75, 3.05) is 6.54 Å². The second-order valence-corrected chi connectivity index (χ2v) is 9.32. The summed E-state index contributed by atoms with van der Waals surface area (Å²) >= 11 is 0. The van der Waals surface area contributed by atoms with Crippen molar-refractivity contribution < 1.29 is 9.90 Å². The first-order valence-electron chi connectivity index (χ1n) is 11.6. The predicted molar refractivity (Wildman–Crippen MR) is 134 cm³/mol. The molecule has 0 bridgehead atoms. The Hall–Kier alpha value is -3.24. The number of pyridine rings is 1. The van der Waals surface area contributed by atoms with Gasteiger partial charge in [-0.15, -0.1) is 0 Å². The normalized spacial score (nSPS) is 19.8. The minimum absolute atomic E-state index is 0.0725. The Morgan fingerprint density at radius 3 is 2.61 bits per heavy atom. The van der Waals surface area contributed by atoms with Gasteiger partial charge in [0.25, 0.3) is 0 Å². The van der Waals surface area contributed by atoms with E-state index in [1.54, 1.807) is 0 Å². The van der Waals surface area contributed by atoms with Crippen molar-refractivity contribution in [1.29, 1.82) is 0 Å². The highest BCUT2D eigenvalue weighted by Crippen LogP contribution is 2.44. The Morgan fingerprint density at radius 2 is 1.91 bits per heavy atom. The summed E-state index contributed by atoms with van der Waals surface area (Å²) in [6, 6.07) is 19.0. The molecule has 3 atom stereocenters. The van der Waals surface area contributed by atoms with Crippen LogP contribution in [0.25, 0.3) is 10.9 Å². The number of para-hydroxylation sites is 1. The van der Waals surface area contributed by atoms with Crippen molar-refractivity contribution in [3.63, 3.8) is 0 Å². The molecule has 1 saturated heterocycles. The molecule has 4 rings (SSSR count). The van der Waals surface area contributed by atoms with Gasteiger partial charge < -0.3 is 5.11 Å². The molecule has 3 aromatic rings. The lowest BCUT2D eigenvalue weighted by molar-refractivity contribution is -0.138. The van der Waals surface area contributed by atoms with Crippen LogP contribution in [0.4, 0.5) is 0 Å². The van der Waals surface area contributed by atoms with Gasteiger partial charge in [-0.25, -0.2) is 0 Å². The Balaban J connectivity index is 1.78. The Kier molecular flexibility index (Phi) is 6.75. The predicted octanol–water partition coefficient (Wildman–Crippen LogP) is 6.64. The Morgan fingerprint density at radius 1 is 1.18 bits per heavy atom. The van der Waals surface area contributed by atoms with E-state index >= 15 is 0 Å². The lowest BCUT2D eigenvalue weighted by Gasteiger charge is -2.45. The molecule has 170 valence electrons. The highest BCUT2D eigenvalue weighted by atomic mass is 16.4. The third-order valence-corrected chi connectivity index (χ3v) is 6.82. The number of nitrogens with zero attached hydrogens (tertiary/aromatic N) is 2. The number of hydrogen-bond donors (Lipinski definition) is 1. The van der Waals surface area contributed by atoms with Gasteiger partial charge in [-0.3, -0.25) is 14.7 Å². The summed E-state index contributed by atoms with van der Waals surface area (Å²) < 4.78 is 0. The zero-order valence-corrected chi connectivity index (χ0v) is 19.5. The highest BCUT2D eigenvalue weighted by Gasteiger charge is 2.36. The van der Waals surface area contributed by atoms with Crippen LogP contribution in [-0.4, -0.2) is 27.5 Å². The van der Waals surface area contributed by atoms with Gasteiger partial charge in [0, 0.05) is 24.0 Å². The van der Waals surface area contributed by atoms with E-state index in [9.17, 15) is 9.90 Å². The number of benzene rings is 2. The van der Waals surface area contributed by atoms with E-state index < -0.39 is 5.97 Å². The molecule has 2 heterocycles. The molecule has 4 nitrogen and oxygen atoms in total. The zero-order chi connectivity index (χ0) is 23.5. The van der Waals surface area contributed by atoms with Crippen LogP contribution in [0.1, 0.15) is 55.0 Å². The third kappa shape index (κ3) is 5.07. The number of hydrogen-bond acceptors (Lipinski definition) is 3. The summed E-state index contributed by atoms with van der Waals surface area (Å²) in [6.07, 6.45) is 3.81. The largest absolute Gasteiger partial charge is 0.481 e. The molecular weight excluding hydrogens is 408 g/mol. The molecular formula is C29H32N2O2. The quantitative estimate of drug-likeness (QED) is 0.418. The molecule has 1 aromatic heterocycles. The Bertz CT molecular complexity index is 1180. The molecule has 1 aliphatic rings. The number of aliphatic carboxylic acids is 1. The van der Waals surface area contributed by atoms with Crippen LogP contribution in [0.15, 0.2) is 85.1 Å². The van der Waals surface area contributed by atoms with Crippen LogP contribution in [0, 0.1) is 12.8 Å². The van der Waals surface area contributed by atoms with E-state index in [2.05, 4.69) is 61.4 Å². The molecule has 33 heavy (non-hydrogen) atoms. The average Bonchev–Trinajstić information content (AvgIpc) is 2.80. The molecule has 0 spiro atoms. The van der Waals surface area contributed by atoms with Crippen LogP contribution < -0.4 is 0 Å². The first kappa shape index (κ1) is 22.9. The lowest BCUT2D eigenvalue weighted by Crippen LogP contribution is -2.40. The summed E-state index contributed by atoms with van der Waals surface area (Å²) in [7, 11) is 0. The molecule has 1 N–H and O–H groups in total. The van der Waals surface area contributed by atoms with Crippen LogP contribution in [0.3, 0.4) is 0 Å². The fourth-order valence-corrected chi connectivity index (χ4v) is 4.98. The number of aromatic nitrogens is 1. The summed E-state index contributed by atoms with van der Waals surface area (Å²) in [5, 5.41) is 10.5. The molecule has 0 aliphatic carbocycles. The summed E-state index contributed by atoms with van der Waals surface area (Å²) in [4.78, 5) is 18.7. The van der Waals surface area contributed by atoms with Crippen LogP contribution in [-0.2, 0) is 4.79 Å². The Labute approximate surface area is 196 Å². The van der Waals surface area contributed by atoms with Crippen LogP contribution in [0.5, 0.6) is 0 Å². The number of carbonyl (C=O) groups is 1. The maximum absolute atomic E-state index is 11.5. The van der Waals surface area contributed by atoms with E-state index in [0.29, 0.717) is 0 Å². The number of fused-ring (bicyclic) bond motifs is 1. The van der Waals surface area contributed by atoms with Crippen molar-refractivity contribution >= 4 is 16.9 Å². The standard InChI is InChI=1S/C29H32N2O2/c1-19(2)21(4)29(25-17-24-7-5-6-8-26(24)30-18-25)31-14-13-22(16-28(32)33)15-27(31)23-11-9-20(3)10-12-23/h5-12,17-18,22,27,29H,1,4,13-16H2,2-3H3,(H,32,33)/t22-,27+,29-/m1/s1. The fourth-order valence-electron chi connectivity index (χ4n) is 4.98. The van der Waals surface area contributed by atoms with E-state index in [1.165, 1.54) is 11.1 Å². The lowest BCUT2D eigenvalue weighted by atomic mass is 9.82. The maximum Gasteiger partial charge on any atom is 0.303 e. The second kappa shape index (κ2) is 9.72. The number of likely N-dealkylation sites (tertiary alicyclic amines) is 1. The molecule has 0 amide bonds. The van der Waals surface area contributed by atoms with Gasteiger partial charge in [0.15, 0.2) is 0 Å². The molecule has 0 radical (unpaired) electrons. The van der Waals surface area contributed by atoms with Crippen molar-refractivity contribution in [3.05, 3.63) is 102 Å². The number of carboxylic acids is 1. The van der Waals surface area contributed by atoms with Crippen LogP contribution in [0.2, 0.25) is 0 Å². The topological polar surface area (TPSA) is 53.4 Å². The van der Waals surface area contributed by atoms with Gasteiger partial charge in [-0.2, -0.15) is 0 Å². The average molecular weight is 441 g/mol. The highest BCUT2D eigenvalue weighted by molar-refractivity contribution is 5.79. The summed E-state index contributed by atoms with van der Waals surface area (Å²) in [6.45, 7) is 13.5. The number of carboxylic acid groups (broad SMARTS) is 1. The van der Waals surface area contributed by atoms with Gasteiger partial charge in [0.05, 0.1) is 11.6 Å². The second-order valence-electron chi connectivity index (χ2n) is 9.32.